The second-order valence-electron chi connectivity index (χ2n) is 7.70. The molecule has 2 aromatic rings. The SMILES string of the molecule is CCOC(=O)C(=O)Nc1ccnc2c(C3=NC4C=C(C(F)(F)F)N=CC4N3C)c(S(=O)(=O)CC)nn12. The molecule has 0 bridgehead atoms. The lowest BCUT2D eigenvalue weighted by Crippen LogP contribution is -2.40. The van der Waals surface area contributed by atoms with Crippen LogP contribution in [0, 0.1) is 0 Å². The molecule has 0 aromatic carbocycles. The lowest BCUT2D eigenvalue weighted by atomic mass is 10.1. The molecule has 0 saturated carbocycles. The van der Waals surface area contributed by atoms with E-state index < -0.39 is 50.7 Å². The first-order chi connectivity index (χ1) is 16.9. The summed E-state index contributed by atoms with van der Waals surface area (Å²) >= 11 is 0. The molecule has 2 aromatic heterocycles. The van der Waals surface area contributed by atoms with E-state index in [1.54, 1.807) is 0 Å². The molecule has 0 fully saturated rings. The van der Waals surface area contributed by atoms with Crippen LogP contribution in [0.4, 0.5) is 19.0 Å². The molecule has 0 spiro atoms. The molecule has 4 heterocycles. The summed E-state index contributed by atoms with van der Waals surface area (Å²) < 4.78 is 71.1. The Bertz CT molecular complexity index is 1450. The molecule has 0 radical (unpaired) electrons. The van der Waals surface area contributed by atoms with Crippen molar-refractivity contribution in [2.24, 2.45) is 9.98 Å². The molecule has 1 N–H and O–H groups in total. The monoisotopic (exact) mass is 527 g/mol. The Labute approximate surface area is 202 Å². The minimum atomic E-state index is -4.67. The van der Waals surface area contributed by atoms with Gasteiger partial charge in [-0.2, -0.15) is 22.8 Å². The van der Waals surface area contributed by atoms with Crippen molar-refractivity contribution in [1.29, 1.82) is 0 Å². The number of aliphatic imine (C=N–C) groups is 2. The van der Waals surface area contributed by atoms with Gasteiger partial charge in [-0.25, -0.2) is 18.2 Å². The summed E-state index contributed by atoms with van der Waals surface area (Å²) in [4.78, 5) is 37.4. The number of fused-ring (bicyclic) bond motifs is 2. The molecule has 2 aliphatic rings. The van der Waals surface area contributed by atoms with Gasteiger partial charge in [0, 0.05) is 19.5 Å². The molecule has 2 atom stereocenters. The largest absolute Gasteiger partial charge is 0.459 e. The summed E-state index contributed by atoms with van der Waals surface area (Å²) in [5.74, 6) is -2.69. The van der Waals surface area contributed by atoms with Gasteiger partial charge < -0.3 is 15.0 Å². The van der Waals surface area contributed by atoms with Gasteiger partial charge in [0.15, 0.2) is 20.5 Å². The van der Waals surface area contributed by atoms with E-state index in [1.165, 1.54) is 38.1 Å². The first-order valence-corrected chi connectivity index (χ1v) is 12.3. The maximum atomic E-state index is 13.2. The molecule has 1 amide bonds. The average Bonchev–Trinajstić information content (AvgIpc) is 3.37. The van der Waals surface area contributed by atoms with E-state index >= 15 is 0 Å². The highest BCUT2D eigenvalue weighted by Crippen LogP contribution is 2.34. The fraction of sp³-hybridized carbons (Fsp3) is 0.400. The molecule has 16 heteroatoms. The van der Waals surface area contributed by atoms with Gasteiger partial charge in [-0.3, -0.25) is 14.8 Å². The predicted molar refractivity (Wildman–Crippen MR) is 120 cm³/mol. The molecular weight excluding hydrogens is 507 g/mol. The Balaban J connectivity index is 1.87. The number of rotatable bonds is 5. The first kappa shape index (κ1) is 25.3. The van der Waals surface area contributed by atoms with Gasteiger partial charge in [-0.05, 0) is 19.1 Å². The van der Waals surface area contributed by atoms with Crippen molar-refractivity contribution < 1.29 is 35.9 Å². The third-order valence-corrected chi connectivity index (χ3v) is 7.11. The quantitative estimate of drug-likeness (QED) is 0.447. The number of nitrogens with zero attached hydrogens (tertiary/aromatic N) is 6. The maximum Gasteiger partial charge on any atom is 0.433 e. The van der Waals surface area contributed by atoms with E-state index in [2.05, 4.69) is 30.1 Å². The van der Waals surface area contributed by atoms with Crippen LogP contribution in [0.5, 0.6) is 0 Å². The molecule has 2 unspecified atom stereocenters. The summed E-state index contributed by atoms with van der Waals surface area (Å²) in [5, 5.41) is 5.99. The number of nitrogens with one attached hydrogen (secondary N) is 1. The number of sulfone groups is 1. The highest BCUT2D eigenvalue weighted by molar-refractivity contribution is 7.91. The van der Waals surface area contributed by atoms with Gasteiger partial charge in [-0.15, -0.1) is 0 Å². The van der Waals surface area contributed by atoms with Crippen molar-refractivity contribution in [3.63, 3.8) is 0 Å². The van der Waals surface area contributed by atoms with Crippen molar-refractivity contribution in [3.05, 3.63) is 29.6 Å². The zero-order valence-electron chi connectivity index (χ0n) is 19.1. The van der Waals surface area contributed by atoms with Crippen LogP contribution in [0.15, 0.2) is 39.0 Å². The number of carbonyl (C=O) groups is 2. The van der Waals surface area contributed by atoms with Gasteiger partial charge >= 0.3 is 18.1 Å². The maximum absolute atomic E-state index is 13.2. The summed E-state index contributed by atoms with van der Waals surface area (Å²) in [6.45, 7) is 2.88. The number of likely N-dealkylation sites (N-methyl/N-ethyl adjacent to an activating group) is 1. The van der Waals surface area contributed by atoms with Crippen LogP contribution in [0.2, 0.25) is 0 Å². The number of amidine groups is 1. The van der Waals surface area contributed by atoms with Crippen molar-refractivity contribution in [1.82, 2.24) is 19.5 Å². The number of aromatic nitrogens is 3. The van der Waals surface area contributed by atoms with Crippen LogP contribution in [0.25, 0.3) is 5.65 Å². The number of halogens is 3. The fourth-order valence-electron chi connectivity index (χ4n) is 3.71. The average molecular weight is 527 g/mol. The number of amides is 1. The van der Waals surface area contributed by atoms with Crippen LogP contribution < -0.4 is 5.32 Å². The molecule has 4 rings (SSSR count). The number of ether oxygens (including phenoxy) is 1. The summed E-state index contributed by atoms with van der Waals surface area (Å²) in [5.41, 5.74) is -1.22. The van der Waals surface area contributed by atoms with E-state index in [0.717, 1.165) is 16.8 Å². The number of hydrogen-bond donors (Lipinski definition) is 1. The molecule has 0 aliphatic carbocycles. The van der Waals surface area contributed by atoms with Crippen LogP contribution in [-0.2, 0) is 24.2 Å². The van der Waals surface area contributed by atoms with E-state index in [4.69, 9.17) is 0 Å². The standard InChI is InChI=1S/C20H20F3N7O5S/c1-4-35-19(32)17(31)27-13-6-7-24-15-14(18(28-30(13)15)36(33,34)5-2)16-26-10-8-12(20(21,22)23)25-9-11(10)29(16)3/h6-11H,4-5H2,1-3H3,(H,27,31). The Morgan fingerprint density at radius 3 is 2.61 bits per heavy atom. The van der Waals surface area contributed by atoms with Gasteiger partial charge in [0.05, 0.1) is 24.4 Å². The normalized spacial score (nSPS) is 19.7. The van der Waals surface area contributed by atoms with Crippen LogP contribution in [-0.4, -0.2) is 89.5 Å². The predicted octanol–water partition coefficient (Wildman–Crippen LogP) is 0.984. The van der Waals surface area contributed by atoms with E-state index in [-0.39, 0.29) is 35.2 Å². The molecular formula is C20H20F3N7O5S. The number of carbonyl (C=O) groups excluding carboxylic acids is 2. The zero-order valence-corrected chi connectivity index (χ0v) is 20.0. The van der Waals surface area contributed by atoms with Crippen molar-refractivity contribution in [3.8, 4) is 0 Å². The third kappa shape index (κ3) is 4.31. The van der Waals surface area contributed by atoms with Gasteiger partial charge in [0.1, 0.15) is 22.9 Å². The number of esters is 1. The minimum absolute atomic E-state index is 0.0273. The first-order valence-electron chi connectivity index (χ1n) is 10.6. The highest BCUT2D eigenvalue weighted by atomic mass is 32.2. The summed E-state index contributed by atoms with van der Waals surface area (Å²) in [6.07, 6.45) is -1.46. The molecule has 36 heavy (non-hydrogen) atoms. The number of allylic oxidation sites excluding steroid dienone is 1. The summed E-state index contributed by atoms with van der Waals surface area (Å²) in [6, 6.07) is -0.406. The third-order valence-electron chi connectivity index (χ3n) is 5.47. The smallest absolute Gasteiger partial charge is 0.433 e. The Morgan fingerprint density at radius 1 is 1.25 bits per heavy atom. The highest BCUT2D eigenvalue weighted by Gasteiger charge is 2.43. The van der Waals surface area contributed by atoms with E-state index in [9.17, 15) is 31.2 Å². The van der Waals surface area contributed by atoms with Crippen molar-refractivity contribution in [2.75, 3.05) is 24.7 Å². The van der Waals surface area contributed by atoms with Gasteiger partial charge in [0.25, 0.3) is 0 Å². The Morgan fingerprint density at radius 2 is 1.97 bits per heavy atom. The molecule has 2 aliphatic heterocycles. The Hall–Kier alpha value is -3.82. The number of alkyl halides is 3. The minimum Gasteiger partial charge on any atom is -0.459 e. The molecule has 192 valence electrons. The second-order valence-corrected chi connectivity index (χ2v) is 9.89. The van der Waals surface area contributed by atoms with Crippen LogP contribution in [0.1, 0.15) is 19.4 Å². The van der Waals surface area contributed by atoms with Crippen LogP contribution in [0.3, 0.4) is 0 Å². The fourth-order valence-corrected chi connectivity index (χ4v) is 4.68. The molecule has 0 saturated heterocycles. The Kier molecular flexibility index (Phi) is 6.32. The van der Waals surface area contributed by atoms with Gasteiger partial charge in [-0.1, -0.05) is 6.92 Å². The number of anilines is 1. The lowest BCUT2D eigenvalue weighted by molar-refractivity contribution is -0.152. The topological polar surface area (TPSA) is 148 Å². The molecule has 12 nitrogen and oxygen atoms in total. The van der Waals surface area contributed by atoms with Crippen molar-refractivity contribution in [2.45, 2.75) is 37.1 Å². The van der Waals surface area contributed by atoms with E-state index in [0.29, 0.717) is 0 Å². The summed E-state index contributed by atoms with van der Waals surface area (Å²) in [7, 11) is -2.47. The lowest BCUT2D eigenvalue weighted by Gasteiger charge is -2.25. The van der Waals surface area contributed by atoms with Gasteiger partial charge in [0.2, 0.25) is 0 Å². The zero-order chi connectivity index (χ0) is 26.4. The van der Waals surface area contributed by atoms with E-state index in [1.807, 2.05) is 0 Å². The van der Waals surface area contributed by atoms with Crippen molar-refractivity contribution >= 4 is 45.2 Å². The van der Waals surface area contributed by atoms with Crippen LogP contribution >= 0.6 is 0 Å². The number of hydrogen-bond acceptors (Lipinski definition) is 10. The second kappa shape index (κ2) is 9.00.